The minimum atomic E-state index is -3.51. The van der Waals surface area contributed by atoms with Crippen LogP contribution < -0.4 is 9.80 Å². The zero-order valence-electron chi connectivity index (χ0n) is 13.4. The molecule has 0 aliphatic carbocycles. The lowest BCUT2D eigenvalue weighted by molar-refractivity contribution is -0.383. The number of sulfone groups is 1. The van der Waals surface area contributed by atoms with Crippen molar-refractivity contribution >= 4 is 37.5 Å². The molecule has 0 atom stereocenters. The fraction of sp³-hybridized carbons (Fsp3) is 0.333. The van der Waals surface area contributed by atoms with Crippen LogP contribution in [0.3, 0.4) is 0 Å². The van der Waals surface area contributed by atoms with Gasteiger partial charge < -0.3 is 9.80 Å². The number of hydrogen-bond donors (Lipinski definition) is 0. The van der Waals surface area contributed by atoms with Crippen molar-refractivity contribution in [3.8, 4) is 0 Å². The highest BCUT2D eigenvalue weighted by Crippen LogP contribution is 2.40. The van der Waals surface area contributed by atoms with Crippen LogP contribution in [-0.4, -0.2) is 45.8 Å². The van der Waals surface area contributed by atoms with Gasteiger partial charge >= 0.3 is 5.69 Å². The molecule has 0 radical (unpaired) electrons. The number of piperazine rings is 1. The van der Waals surface area contributed by atoms with E-state index in [4.69, 9.17) is 0 Å². The third-order valence-electron chi connectivity index (χ3n) is 3.99. The molecule has 0 unspecified atom stereocenters. The van der Waals surface area contributed by atoms with E-state index in [0.717, 1.165) is 23.7 Å². The van der Waals surface area contributed by atoms with Gasteiger partial charge in [0.05, 0.1) is 10.6 Å². The summed E-state index contributed by atoms with van der Waals surface area (Å²) in [6.07, 6.45) is 1.03. The molecule has 1 aliphatic heterocycles. The molecule has 1 aromatic heterocycles. The number of nitrogens with zero attached hydrogens (tertiary/aromatic N) is 3. The van der Waals surface area contributed by atoms with Gasteiger partial charge in [0.15, 0.2) is 14.8 Å². The topological polar surface area (TPSA) is 83.8 Å². The van der Waals surface area contributed by atoms with E-state index in [1.165, 1.54) is 6.07 Å². The molecular formula is C15H16FN3O4S2. The van der Waals surface area contributed by atoms with Crippen molar-refractivity contribution in [2.45, 2.75) is 4.21 Å². The third kappa shape index (κ3) is 3.59. The summed E-state index contributed by atoms with van der Waals surface area (Å²) >= 11 is 0.905. The quantitative estimate of drug-likeness (QED) is 0.594. The van der Waals surface area contributed by atoms with E-state index in [9.17, 15) is 22.9 Å². The fourth-order valence-electron chi connectivity index (χ4n) is 2.75. The molecule has 1 saturated heterocycles. The average Bonchev–Trinajstić information content (AvgIpc) is 3.01. The zero-order chi connectivity index (χ0) is 18.2. The number of nitro groups is 1. The number of hydrogen-bond acceptors (Lipinski definition) is 7. The summed E-state index contributed by atoms with van der Waals surface area (Å²) in [4.78, 5) is 14.4. The van der Waals surface area contributed by atoms with Gasteiger partial charge in [-0.2, -0.15) is 0 Å². The molecule has 0 amide bonds. The lowest BCUT2D eigenvalue weighted by Crippen LogP contribution is -2.46. The molecule has 25 heavy (non-hydrogen) atoms. The number of para-hydroxylation sites is 1. The van der Waals surface area contributed by atoms with Crippen molar-refractivity contribution in [2.24, 2.45) is 0 Å². The van der Waals surface area contributed by atoms with Crippen LogP contribution in [0.4, 0.5) is 20.8 Å². The molecule has 2 aromatic rings. The molecule has 134 valence electrons. The molecule has 7 nitrogen and oxygen atoms in total. The average molecular weight is 385 g/mol. The van der Waals surface area contributed by atoms with Crippen LogP contribution in [0, 0.1) is 15.9 Å². The molecule has 0 spiro atoms. The fourth-order valence-corrected chi connectivity index (χ4v) is 4.83. The highest BCUT2D eigenvalue weighted by atomic mass is 32.2. The van der Waals surface area contributed by atoms with Gasteiger partial charge in [-0.3, -0.25) is 10.1 Å². The summed E-state index contributed by atoms with van der Waals surface area (Å²) < 4.78 is 37.3. The van der Waals surface area contributed by atoms with Crippen LogP contribution in [0.5, 0.6) is 0 Å². The second kappa shape index (κ2) is 6.60. The monoisotopic (exact) mass is 385 g/mol. The van der Waals surface area contributed by atoms with Crippen LogP contribution >= 0.6 is 11.3 Å². The predicted octanol–water partition coefficient (Wildman–Crippen LogP) is 2.53. The first-order valence-electron chi connectivity index (χ1n) is 7.50. The first kappa shape index (κ1) is 17.6. The lowest BCUT2D eigenvalue weighted by Gasteiger charge is -2.36. The Morgan fingerprint density at radius 1 is 1.16 bits per heavy atom. The van der Waals surface area contributed by atoms with Gasteiger partial charge in [0.1, 0.15) is 10.0 Å². The Labute approximate surface area is 148 Å². The van der Waals surface area contributed by atoms with Crippen molar-refractivity contribution in [2.75, 3.05) is 42.2 Å². The van der Waals surface area contributed by atoms with Gasteiger partial charge in [0.25, 0.3) is 0 Å². The molecule has 10 heteroatoms. The molecule has 2 heterocycles. The SMILES string of the molecule is CS(=O)(=O)c1cc([N+](=O)[O-])c(N2CCN(c3ccccc3F)CC2)s1. The number of benzene rings is 1. The van der Waals surface area contributed by atoms with E-state index in [1.54, 1.807) is 23.1 Å². The standard InChI is InChI=1S/C15H16FN3O4S2/c1-25(22,23)14-10-13(19(20)21)15(24-14)18-8-6-17(7-9-18)12-5-3-2-4-11(12)16/h2-5,10H,6-9H2,1H3. The highest BCUT2D eigenvalue weighted by Gasteiger charge is 2.29. The second-order valence-corrected chi connectivity index (χ2v) is 8.98. The minimum absolute atomic E-state index is 0.0225. The summed E-state index contributed by atoms with van der Waals surface area (Å²) in [6, 6.07) is 7.58. The molecule has 0 saturated carbocycles. The maximum Gasteiger partial charge on any atom is 0.305 e. The Bertz CT molecular complexity index is 905. The number of rotatable bonds is 4. The van der Waals surface area contributed by atoms with Gasteiger partial charge in [-0.25, -0.2) is 12.8 Å². The van der Waals surface area contributed by atoms with E-state index in [2.05, 4.69) is 0 Å². The molecule has 1 fully saturated rings. The van der Waals surface area contributed by atoms with Gasteiger partial charge in [0, 0.05) is 38.5 Å². The molecule has 3 rings (SSSR count). The Morgan fingerprint density at radius 3 is 2.32 bits per heavy atom. The summed E-state index contributed by atoms with van der Waals surface area (Å²) in [7, 11) is -3.51. The first-order valence-corrected chi connectivity index (χ1v) is 10.2. The van der Waals surface area contributed by atoms with Crippen LogP contribution in [0.25, 0.3) is 0 Å². The number of anilines is 2. The van der Waals surface area contributed by atoms with Crippen molar-refractivity contribution in [1.82, 2.24) is 0 Å². The van der Waals surface area contributed by atoms with Gasteiger partial charge in [0.2, 0.25) is 0 Å². The maximum absolute atomic E-state index is 13.9. The summed E-state index contributed by atoms with van der Waals surface area (Å²) in [6.45, 7) is 1.87. The van der Waals surface area contributed by atoms with Gasteiger partial charge in [-0.05, 0) is 12.1 Å². The summed E-state index contributed by atoms with van der Waals surface area (Å²) in [5.41, 5.74) is 0.296. The van der Waals surface area contributed by atoms with Crippen LogP contribution in [0.1, 0.15) is 0 Å². The summed E-state index contributed by atoms with van der Waals surface area (Å²) in [5.74, 6) is -0.308. The molecule has 1 aliphatic rings. The lowest BCUT2D eigenvalue weighted by atomic mass is 10.2. The van der Waals surface area contributed by atoms with E-state index < -0.39 is 14.8 Å². The minimum Gasteiger partial charge on any atom is -0.366 e. The zero-order valence-corrected chi connectivity index (χ0v) is 15.0. The van der Waals surface area contributed by atoms with E-state index in [0.29, 0.717) is 36.9 Å². The number of thiophene rings is 1. The molecule has 0 bridgehead atoms. The van der Waals surface area contributed by atoms with E-state index >= 15 is 0 Å². The number of halogens is 1. The second-order valence-electron chi connectivity index (χ2n) is 5.71. The first-order chi connectivity index (χ1) is 11.8. The van der Waals surface area contributed by atoms with Crippen LogP contribution in [0.2, 0.25) is 0 Å². The van der Waals surface area contributed by atoms with Crippen molar-refractivity contribution < 1.29 is 17.7 Å². The maximum atomic E-state index is 13.9. The Balaban J connectivity index is 1.82. The Hall–Kier alpha value is -2.20. The third-order valence-corrected chi connectivity index (χ3v) is 6.98. The van der Waals surface area contributed by atoms with Crippen molar-refractivity contribution in [3.05, 3.63) is 46.3 Å². The van der Waals surface area contributed by atoms with Gasteiger partial charge in [-0.1, -0.05) is 23.5 Å². The predicted molar refractivity (Wildman–Crippen MR) is 94.9 cm³/mol. The highest BCUT2D eigenvalue weighted by molar-refractivity contribution is 7.92. The van der Waals surface area contributed by atoms with Crippen LogP contribution in [-0.2, 0) is 9.84 Å². The smallest absolute Gasteiger partial charge is 0.305 e. The molecule has 1 aromatic carbocycles. The van der Waals surface area contributed by atoms with E-state index in [1.807, 2.05) is 4.90 Å². The van der Waals surface area contributed by atoms with Crippen LogP contribution in [0.15, 0.2) is 34.5 Å². The Kier molecular flexibility index (Phi) is 4.65. The normalized spacial score (nSPS) is 15.4. The largest absolute Gasteiger partial charge is 0.366 e. The molecular weight excluding hydrogens is 369 g/mol. The van der Waals surface area contributed by atoms with Gasteiger partial charge in [-0.15, -0.1) is 0 Å². The van der Waals surface area contributed by atoms with Crippen molar-refractivity contribution in [1.29, 1.82) is 0 Å². The Morgan fingerprint density at radius 2 is 1.76 bits per heavy atom. The summed E-state index contributed by atoms with van der Waals surface area (Å²) in [5, 5.41) is 11.6. The molecule has 0 N–H and O–H groups in total. The van der Waals surface area contributed by atoms with E-state index in [-0.39, 0.29) is 15.7 Å². The van der Waals surface area contributed by atoms with Crippen molar-refractivity contribution in [3.63, 3.8) is 0 Å².